The normalized spacial score (nSPS) is 17.2. The van der Waals surface area contributed by atoms with Crippen LogP contribution < -0.4 is 10.7 Å². The number of amides is 1. The molecule has 0 spiro atoms. The van der Waals surface area contributed by atoms with Crippen molar-refractivity contribution in [3.05, 3.63) is 66.0 Å². The van der Waals surface area contributed by atoms with E-state index in [0.29, 0.717) is 17.6 Å². The highest BCUT2D eigenvalue weighted by molar-refractivity contribution is 7.99. The number of para-hydroxylation sites is 1. The first-order chi connectivity index (χ1) is 16.1. The Hall–Kier alpha value is -3.13. The number of nitrogens with one attached hydrogen (secondary N) is 2. The van der Waals surface area contributed by atoms with E-state index < -0.39 is 0 Å². The number of anilines is 1. The third-order valence-corrected chi connectivity index (χ3v) is 6.69. The molecule has 1 saturated carbocycles. The molecule has 172 valence electrons. The summed E-state index contributed by atoms with van der Waals surface area (Å²) in [5.41, 5.74) is 7.02. The van der Waals surface area contributed by atoms with Gasteiger partial charge in [-0.15, -0.1) is 10.2 Å². The number of benzene rings is 2. The summed E-state index contributed by atoms with van der Waals surface area (Å²) >= 11 is 1.36. The molecule has 1 amide bonds. The van der Waals surface area contributed by atoms with Crippen LogP contribution in [-0.4, -0.2) is 32.1 Å². The van der Waals surface area contributed by atoms with Gasteiger partial charge in [0.2, 0.25) is 0 Å². The van der Waals surface area contributed by atoms with Gasteiger partial charge in [0.1, 0.15) is 0 Å². The molecule has 0 bridgehead atoms. The molecule has 0 aliphatic heterocycles. The lowest BCUT2D eigenvalue weighted by Gasteiger charge is -2.19. The van der Waals surface area contributed by atoms with Gasteiger partial charge < -0.3 is 5.32 Å². The predicted octanol–water partition coefficient (Wildman–Crippen LogP) is 4.96. The zero-order chi connectivity index (χ0) is 23.0. The number of aryl methyl sites for hydroxylation is 1. The highest BCUT2D eigenvalue weighted by Gasteiger charge is 2.18. The van der Waals surface area contributed by atoms with E-state index in [1.165, 1.54) is 23.7 Å². The maximum atomic E-state index is 12.4. The SMILES string of the molecule is Cc1ccc(NCc2nnc(SCC(=O)N/N=C3\CCCCC3C)n2-c2ccccc2)cc1. The highest BCUT2D eigenvalue weighted by atomic mass is 32.2. The van der Waals surface area contributed by atoms with E-state index in [1.54, 1.807) is 0 Å². The Bertz CT molecular complexity index is 1090. The Balaban J connectivity index is 1.44. The number of carbonyl (C=O) groups is 1. The van der Waals surface area contributed by atoms with E-state index in [0.717, 1.165) is 42.2 Å². The fourth-order valence-electron chi connectivity index (χ4n) is 3.83. The van der Waals surface area contributed by atoms with Gasteiger partial charge in [0, 0.05) is 17.1 Å². The summed E-state index contributed by atoms with van der Waals surface area (Å²) in [5, 5.41) is 17.2. The van der Waals surface area contributed by atoms with E-state index in [2.05, 4.69) is 52.0 Å². The largest absolute Gasteiger partial charge is 0.378 e. The summed E-state index contributed by atoms with van der Waals surface area (Å²) in [4.78, 5) is 12.4. The minimum Gasteiger partial charge on any atom is -0.378 e. The Morgan fingerprint density at radius 3 is 2.67 bits per heavy atom. The van der Waals surface area contributed by atoms with Crippen LogP contribution in [0.2, 0.25) is 0 Å². The quantitative estimate of drug-likeness (QED) is 0.365. The number of hydrogen-bond acceptors (Lipinski definition) is 6. The van der Waals surface area contributed by atoms with E-state index in [-0.39, 0.29) is 11.7 Å². The number of hydrazone groups is 1. The van der Waals surface area contributed by atoms with Gasteiger partial charge >= 0.3 is 0 Å². The van der Waals surface area contributed by atoms with Gasteiger partial charge in [-0.3, -0.25) is 9.36 Å². The molecule has 2 N–H and O–H groups in total. The fraction of sp³-hybridized carbons (Fsp3) is 0.360. The molecular formula is C25H30N6OS. The molecule has 7 nitrogen and oxygen atoms in total. The Kier molecular flexibility index (Phi) is 7.78. The van der Waals surface area contributed by atoms with Crippen LogP contribution in [-0.2, 0) is 11.3 Å². The van der Waals surface area contributed by atoms with Crippen LogP contribution in [0.5, 0.6) is 0 Å². The van der Waals surface area contributed by atoms with Gasteiger partial charge in [0.15, 0.2) is 11.0 Å². The summed E-state index contributed by atoms with van der Waals surface area (Å²) < 4.78 is 1.99. The summed E-state index contributed by atoms with van der Waals surface area (Å²) in [7, 11) is 0. The van der Waals surface area contributed by atoms with Gasteiger partial charge in [-0.1, -0.05) is 61.0 Å². The van der Waals surface area contributed by atoms with Crippen molar-refractivity contribution < 1.29 is 4.79 Å². The molecule has 1 aliphatic rings. The van der Waals surface area contributed by atoms with Crippen LogP contribution in [0.4, 0.5) is 5.69 Å². The van der Waals surface area contributed by atoms with Crippen molar-refractivity contribution in [3.63, 3.8) is 0 Å². The van der Waals surface area contributed by atoms with Crippen molar-refractivity contribution >= 4 is 29.1 Å². The van der Waals surface area contributed by atoms with Crippen LogP contribution in [0.3, 0.4) is 0 Å². The zero-order valence-corrected chi connectivity index (χ0v) is 19.9. The molecule has 1 aromatic heterocycles. The molecule has 0 radical (unpaired) electrons. The van der Waals surface area contributed by atoms with E-state index in [9.17, 15) is 4.79 Å². The fourth-order valence-corrected chi connectivity index (χ4v) is 4.59. The summed E-state index contributed by atoms with van der Waals surface area (Å²) in [5.74, 6) is 1.31. The van der Waals surface area contributed by atoms with Gasteiger partial charge in [-0.2, -0.15) is 5.10 Å². The molecule has 8 heteroatoms. The third-order valence-electron chi connectivity index (χ3n) is 5.76. The minimum absolute atomic E-state index is 0.132. The number of carbonyl (C=O) groups excluding carboxylic acids is 1. The smallest absolute Gasteiger partial charge is 0.250 e. The average Bonchev–Trinajstić information content (AvgIpc) is 3.25. The molecule has 1 fully saturated rings. The maximum Gasteiger partial charge on any atom is 0.250 e. The Morgan fingerprint density at radius 1 is 1.12 bits per heavy atom. The van der Waals surface area contributed by atoms with Crippen molar-refractivity contribution in [2.75, 3.05) is 11.1 Å². The number of hydrogen-bond donors (Lipinski definition) is 2. The van der Waals surface area contributed by atoms with Gasteiger partial charge in [-0.25, -0.2) is 5.43 Å². The molecule has 1 aliphatic carbocycles. The monoisotopic (exact) mass is 462 g/mol. The number of thioether (sulfide) groups is 1. The van der Waals surface area contributed by atoms with E-state index in [1.807, 2.05) is 47.0 Å². The molecule has 33 heavy (non-hydrogen) atoms. The molecule has 1 atom stereocenters. The maximum absolute atomic E-state index is 12.4. The molecule has 3 aromatic rings. The van der Waals surface area contributed by atoms with Crippen molar-refractivity contribution in [2.24, 2.45) is 11.0 Å². The Labute approximate surface area is 199 Å². The number of aromatic nitrogens is 3. The highest BCUT2D eigenvalue weighted by Crippen LogP contribution is 2.23. The molecular weight excluding hydrogens is 432 g/mol. The van der Waals surface area contributed by atoms with Crippen molar-refractivity contribution in [2.45, 2.75) is 51.2 Å². The minimum atomic E-state index is -0.132. The summed E-state index contributed by atoms with van der Waals surface area (Å²) in [6.45, 7) is 4.76. The summed E-state index contributed by atoms with van der Waals surface area (Å²) in [6, 6.07) is 18.2. The molecule has 1 heterocycles. The molecule has 1 unspecified atom stereocenters. The van der Waals surface area contributed by atoms with Crippen LogP contribution in [0.25, 0.3) is 5.69 Å². The van der Waals surface area contributed by atoms with Crippen molar-refractivity contribution in [1.82, 2.24) is 20.2 Å². The van der Waals surface area contributed by atoms with Crippen LogP contribution in [0.1, 0.15) is 44.0 Å². The average molecular weight is 463 g/mol. The van der Waals surface area contributed by atoms with Crippen LogP contribution in [0, 0.1) is 12.8 Å². The van der Waals surface area contributed by atoms with Crippen LogP contribution in [0.15, 0.2) is 64.9 Å². The first-order valence-electron chi connectivity index (χ1n) is 11.4. The lowest BCUT2D eigenvalue weighted by Crippen LogP contribution is -2.25. The first-order valence-corrected chi connectivity index (χ1v) is 12.4. The van der Waals surface area contributed by atoms with Crippen LogP contribution >= 0.6 is 11.8 Å². The molecule has 2 aromatic carbocycles. The summed E-state index contributed by atoms with van der Waals surface area (Å²) in [6.07, 6.45) is 4.49. The van der Waals surface area contributed by atoms with Crippen molar-refractivity contribution in [3.8, 4) is 5.69 Å². The second-order valence-electron chi connectivity index (χ2n) is 8.36. The van der Waals surface area contributed by atoms with Gasteiger partial charge in [0.25, 0.3) is 5.91 Å². The second kappa shape index (κ2) is 11.1. The standard InChI is InChI=1S/C25H30N6OS/c1-18-12-14-20(15-13-18)26-16-23-28-30-25(31(23)21-9-4-3-5-10-21)33-17-24(32)29-27-22-11-7-6-8-19(22)2/h3-5,9-10,12-15,19,26H,6-8,11,16-17H2,1-2H3,(H,29,32)/b27-22+. The third kappa shape index (κ3) is 6.22. The lowest BCUT2D eigenvalue weighted by molar-refractivity contribution is -0.118. The first kappa shape index (κ1) is 23.0. The number of rotatable bonds is 8. The van der Waals surface area contributed by atoms with E-state index in [4.69, 9.17) is 0 Å². The van der Waals surface area contributed by atoms with E-state index >= 15 is 0 Å². The zero-order valence-electron chi connectivity index (χ0n) is 19.1. The van der Waals surface area contributed by atoms with Crippen molar-refractivity contribution in [1.29, 1.82) is 0 Å². The van der Waals surface area contributed by atoms with Gasteiger partial charge in [-0.05, 0) is 56.4 Å². The lowest BCUT2D eigenvalue weighted by atomic mass is 9.89. The predicted molar refractivity (Wildman–Crippen MR) is 134 cm³/mol. The molecule has 0 saturated heterocycles. The molecule has 4 rings (SSSR count). The Morgan fingerprint density at radius 2 is 1.91 bits per heavy atom. The van der Waals surface area contributed by atoms with Gasteiger partial charge in [0.05, 0.1) is 12.3 Å². The second-order valence-corrected chi connectivity index (χ2v) is 9.31. The topological polar surface area (TPSA) is 84.2 Å². The number of nitrogens with zero attached hydrogens (tertiary/aromatic N) is 4.